The summed E-state index contributed by atoms with van der Waals surface area (Å²) in [7, 11) is 0. The van der Waals surface area contributed by atoms with Crippen molar-refractivity contribution >= 4 is 17.3 Å². The monoisotopic (exact) mass is 279 g/mol. The number of carbonyl (C=O) groups is 1. The molecule has 1 saturated carbocycles. The van der Waals surface area contributed by atoms with Gasteiger partial charge in [-0.15, -0.1) is 0 Å². The molecule has 0 aliphatic heterocycles. The number of benzene rings is 1. The molecule has 0 spiro atoms. The molecule has 2 rings (SSSR count). The van der Waals surface area contributed by atoms with Gasteiger partial charge in [-0.2, -0.15) is 0 Å². The SMILES string of the molecule is CC1CCC(CNc2cc(C(N)=O)c(N)cc2F)CC1. The molecule has 110 valence electrons. The molecule has 0 bridgehead atoms. The Morgan fingerprint density at radius 3 is 2.60 bits per heavy atom. The molecular weight excluding hydrogens is 257 g/mol. The Kier molecular flexibility index (Phi) is 4.47. The first kappa shape index (κ1) is 14.6. The highest BCUT2D eigenvalue weighted by Crippen LogP contribution is 2.29. The molecule has 20 heavy (non-hydrogen) atoms. The number of amides is 1. The minimum absolute atomic E-state index is 0.0760. The summed E-state index contributed by atoms with van der Waals surface area (Å²) in [4.78, 5) is 11.2. The van der Waals surface area contributed by atoms with Gasteiger partial charge in [-0.05, 0) is 36.8 Å². The quantitative estimate of drug-likeness (QED) is 0.741. The van der Waals surface area contributed by atoms with Crippen LogP contribution in [0.1, 0.15) is 43.0 Å². The molecule has 1 aromatic rings. The molecule has 0 aromatic heterocycles. The standard InChI is InChI=1S/C15H22FN3O/c1-9-2-4-10(5-3-9)8-19-14-6-11(15(18)20)13(17)7-12(14)16/h6-7,9-10,19H,2-5,8,17H2,1H3,(H2,18,20). The predicted octanol–water partition coefficient (Wildman–Crippen LogP) is 2.75. The summed E-state index contributed by atoms with van der Waals surface area (Å²) in [5, 5.41) is 3.08. The second-order valence-corrected chi connectivity index (χ2v) is 5.79. The maximum absolute atomic E-state index is 13.8. The summed E-state index contributed by atoms with van der Waals surface area (Å²) in [5.74, 6) is 0.259. The lowest BCUT2D eigenvalue weighted by Crippen LogP contribution is -2.21. The van der Waals surface area contributed by atoms with E-state index in [0.29, 0.717) is 18.2 Å². The molecule has 0 unspecified atom stereocenters. The zero-order valence-corrected chi connectivity index (χ0v) is 11.8. The molecule has 0 atom stereocenters. The van der Waals surface area contributed by atoms with E-state index in [1.165, 1.54) is 18.9 Å². The van der Waals surface area contributed by atoms with Crippen molar-refractivity contribution in [1.29, 1.82) is 0 Å². The third-order valence-electron chi connectivity index (χ3n) is 4.12. The van der Waals surface area contributed by atoms with Gasteiger partial charge in [-0.25, -0.2) is 4.39 Å². The number of rotatable bonds is 4. The second kappa shape index (κ2) is 6.11. The van der Waals surface area contributed by atoms with Crippen LogP contribution in [0.4, 0.5) is 15.8 Å². The zero-order valence-electron chi connectivity index (χ0n) is 11.8. The molecule has 5 heteroatoms. The van der Waals surface area contributed by atoms with Gasteiger partial charge < -0.3 is 16.8 Å². The van der Waals surface area contributed by atoms with Crippen molar-refractivity contribution in [3.8, 4) is 0 Å². The average molecular weight is 279 g/mol. The number of nitrogens with two attached hydrogens (primary N) is 2. The summed E-state index contributed by atoms with van der Waals surface area (Å²) in [5.41, 5.74) is 11.3. The van der Waals surface area contributed by atoms with Crippen LogP contribution in [0.15, 0.2) is 12.1 Å². The van der Waals surface area contributed by atoms with Crippen LogP contribution in [-0.4, -0.2) is 12.5 Å². The Hall–Kier alpha value is -1.78. The Balaban J connectivity index is 2.02. The van der Waals surface area contributed by atoms with Crippen molar-refractivity contribution < 1.29 is 9.18 Å². The topological polar surface area (TPSA) is 81.1 Å². The van der Waals surface area contributed by atoms with Gasteiger partial charge in [-0.3, -0.25) is 4.79 Å². The van der Waals surface area contributed by atoms with Crippen LogP contribution < -0.4 is 16.8 Å². The fourth-order valence-corrected chi connectivity index (χ4v) is 2.73. The van der Waals surface area contributed by atoms with E-state index in [9.17, 15) is 9.18 Å². The Morgan fingerprint density at radius 2 is 2.00 bits per heavy atom. The maximum atomic E-state index is 13.8. The highest BCUT2D eigenvalue weighted by molar-refractivity contribution is 5.99. The Bertz CT molecular complexity index is 496. The van der Waals surface area contributed by atoms with Crippen molar-refractivity contribution in [2.45, 2.75) is 32.6 Å². The van der Waals surface area contributed by atoms with Gasteiger partial charge in [0.2, 0.25) is 0 Å². The first-order chi connectivity index (χ1) is 9.47. The molecular formula is C15H22FN3O. The number of hydrogen-bond donors (Lipinski definition) is 3. The lowest BCUT2D eigenvalue weighted by atomic mass is 9.83. The van der Waals surface area contributed by atoms with Gasteiger partial charge in [0.25, 0.3) is 5.91 Å². The van der Waals surface area contributed by atoms with Crippen LogP contribution in [0, 0.1) is 17.7 Å². The second-order valence-electron chi connectivity index (χ2n) is 5.79. The molecule has 0 saturated heterocycles. The van der Waals surface area contributed by atoms with Crippen LogP contribution in [0.2, 0.25) is 0 Å². The first-order valence-corrected chi connectivity index (χ1v) is 7.10. The summed E-state index contributed by atoms with van der Waals surface area (Å²) in [6.07, 6.45) is 4.77. The summed E-state index contributed by atoms with van der Waals surface area (Å²) < 4.78 is 13.8. The number of hydrogen-bond acceptors (Lipinski definition) is 3. The van der Waals surface area contributed by atoms with Crippen molar-refractivity contribution in [2.24, 2.45) is 17.6 Å². The van der Waals surface area contributed by atoms with Gasteiger partial charge in [-0.1, -0.05) is 19.8 Å². The summed E-state index contributed by atoms with van der Waals surface area (Å²) in [6.45, 7) is 2.98. The number of nitrogen functional groups attached to an aromatic ring is 1. The molecule has 1 amide bonds. The number of nitrogens with one attached hydrogen (secondary N) is 1. The van der Waals surface area contributed by atoms with E-state index in [4.69, 9.17) is 11.5 Å². The summed E-state index contributed by atoms with van der Waals surface area (Å²) in [6, 6.07) is 2.55. The highest BCUT2D eigenvalue weighted by atomic mass is 19.1. The number of anilines is 2. The van der Waals surface area contributed by atoms with Crippen LogP contribution in [0.5, 0.6) is 0 Å². The normalized spacial score (nSPS) is 22.5. The lowest BCUT2D eigenvalue weighted by molar-refractivity contribution is 0.100. The molecule has 1 fully saturated rings. The fraction of sp³-hybridized carbons (Fsp3) is 0.533. The molecule has 1 aromatic carbocycles. The average Bonchev–Trinajstić information content (AvgIpc) is 2.39. The van der Waals surface area contributed by atoms with E-state index in [1.54, 1.807) is 0 Å². The van der Waals surface area contributed by atoms with Crippen molar-refractivity contribution in [3.63, 3.8) is 0 Å². The number of halogens is 1. The van der Waals surface area contributed by atoms with Crippen LogP contribution >= 0.6 is 0 Å². The number of primary amides is 1. The molecule has 4 nitrogen and oxygen atoms in total. The molecule has 0 heterocycles. The van der Waals surface area contributed by atoms with Crippen molar-refractivity contribution in [2.75, 3.05) is 17.6 Å². The third-order valence-corrected chi connectivity index (χ3v) is 4.12. The fourth-order valence-electron chi connectivity index (χ4n) is 2.73. The molecule has 1 aliphatic carbocycles. The third kappa shape index (κ3) is 3.40. The maximum Gasteiger partial charge on any atom is 0.250 e. The molecule has 1 aliphatic rings. The Labute approximate surface area is 118 Å². The van der Waals surface area contributed by atoms with Gasteiger partial charge in [0.05, 0.1) is 11.3 Å². The van der Waals surface area contributed by atoms with E-state index in [2.05, 4.69) is 12.2 Å². The van der Waals surface area contributed by atoms with Gasteiger partial charge in [0.1, 0.15) is 5.82 Å². The van der Waals surface area contributed by atoms with E-state index in [1.807, 2.05) is 0 Å². The van der Waals surface area contributed by atoms with E-state index in [0.717, 1.165) is 24.8 Å². The Morgan fingerprint density at radius 1 is 1.35 bits per heavy atom. The van der Waals surface area contributed by atoms with Gasteiger partial charge in [0, 0.05) is 12.2 Å². The van der Waals surface area contributed by atoms with Crippen LogP contribution in [0.25, 0.3) is 0 Å². The van der Waals surface area contributed by atoms with Crippen molar-refractivity contribution in [3.05, 3.63) is 23.5 Å². The van der Waals surface area contributed by atoms with Crippen LogP contribution in [0.3, 0.4) is 0 Å². The molecule has 0 radical (unpaired) electrons. The minimum atomic E-state index is -0.642. The largest absolute Gasteiger partial charge is 0.398 e. The smallest absolute Gasteiger partial charge is 0.250 e. The minimum Gasteiger partial charge on any atom is -0.398 e. The van der Waals surface area contributed by atoms with E-state index in [-0.39, 0.29) is 11.3 Å². The number of carbonyl (C=O) groups excluding carboxylic acids is 1. The van der Waals surface area contributed by atoms with Crippen molar-refractivity contribution in [1.82, 2.24) is 0 Å². The van der Waals surface area contributed by atoms with Crippen LogP contribution in [-0.2, 0) is 0 Å². The van der Waals surface area contributed by atoms with Gasteiger partial charge in [0.15, 0.2) is 0 Å². The highest BCUT2D eigenvalue weighted by Gasteiger charge is 2.19. The molecule has 5 N–H and O–H groups in total. The first-order valence-electron chi connectivity index (χ1n) is 7.10. The van der Waals surface area contributed by atoms with Gasteiger partial charge >= 0.3 is 0 Å². The summed E-state index contributed by atoms with van der Waals surface area (Å²) >= 11 is 0. The predicted molar refractivity (Wildman–Crippen MR) is 78.9 cm³/mol. The van der Waals surface area contributed by atoms with E-state index < -0.39 is 11.7 Å². The lowest BCUT2D eigenvalue weighted by Gasteiger charge is -2.26. The zero-order chi connectivity index (χ0) is 14.7. The van der Waals surface area contributed by atoms with E-state index >= 15 is 0 Å².